The van der Waals surface area contributed by atoms with Gasteiger partial charge in [0.2, 0.25) is 0 Å². The van der Waals surface area contributed by atoms with E-state index in [1.807, 2.05) is 37.3 Å². The zero-order chi connectivity index (χ0) is 23.2. The van der Waals surface area contributed by atoms with Gasteiger partial charge in [-0.25, -0.2) is 0 Å². The van der Waals surface area contributed by atoms with Gasteiger partial charge in [0.25, 0.3) is 5.91 Å². The van der Waals surface area contributed by atoms with E-state index in [1.165, 1.54) is 4.90 Å². The lowest BCUT2D eigenvalue weighted by atomic mass is 9.99. The Hall–Kier alpha value is -3.44. The quantitative estimate of drug-likeness (QED) is 0.556. The summed E-state index contributed by atoms with van der Waals surface area (Å²) in [7, 11) is 0. The number of amides is 1. The SMILES string of the molecule is CCOc1cccc(C(=O)N2C[C@H](O)C[C@H]2C(=O)CCc2ccc(-c3ccccc3)cc2)c1. The molecule has 5 heteroatoms. The van der Waals surface area contributed by atoms with Gasteiger partial charge in [-0.1, -0.05) is 60.7 Å². The van der Waals surface area contributed by atoms with Gasteiger partial charge in [-0.3, -0.25) is 9.59 Å². The number of ketones is 1. The van der Waals surface area contributed by atoms with Gasteiger partial charge in [-0.15, -0.1) is 0 Å². The second-order valence-corrected chi connectivity index (χ2v) is 8.35. The Morgan fingerprint density at radius 1 is 0.970 bits per heavy atom. The number of β-amino-alcohol motifs (C(OH)–C–C–N with tert-alkyl or cyclic N) is 1. The molecule has 1 amide bonds. The van der Waals surface area contributed by atoms with Crippen LogP contribution in [0.2, 0.25) is 0 Å². The van der Waals surface area contributed by atoms with E-state index in [4.69, 9.17) is 4.74 Å². The summed E-state index contributed by atoms with van der Waals surface area (Å²) in [5, 5.41) is 10.2. The fourth-order valence-corrected chi connectivity index (χ4v) is 4.32. The first-order valence-corrected chi connectivity index (χ1v) is 11.4. The number of aliphatic hydroxyl groups excluding tert-OH is 1. The number of carbonyl (C=O) groups is 2. The van der Waals surface area contributed by atoms with Crippen molar-refractivity contribution in [1.82, 2.24) is 4.90 Å². The highest BCUT2D eigenvalue weighted by atomic mass is 16.5. The first-order chi connectivity index (χ1) is 16.0. The topological polar surface area (TPSA) is 66.8 Å². The van der Waals surface area contributed by atoms with Gasteiger partial charge in [-0.05, 0) is 48.2 Å². The van der Waals surface area contributed by atoms with E-state index >= 15 is 0 Å². The molecule has 0 radical (unpaired) electrons. The number of benzene rings is 3. The van der Waals surface area contributed by atoms with E-state index in [1.54, 1.807) is 24.3 Å². The summed E-state index contributed by atoms with van der Waals surface area (Å²) in [6, 6.07) is 24.7. The average molecular weight is 444 g/mol. The molecule has 4 rings (SSSR count). The van der Waals surface area contributed by atoms with Crippen molar-refractivity contribution >= 4 is 11.7 Å². The first-order valence-electron chi connectivity index (χ1n) is 11.4. The van der Waals surface area contributed by atoms with Crippen molar-refractivity contribution in [3.05, 3.63) is 90.0 Å². The number of ether oxygens (including phenoxy) is 1. The summed E-state index contributed by atoms with van der Waals surface area (Å²) in [6.07, 6.45) is 0.513. The van der Waals surface area contributed by atoms with Crippen molar-refractivity contribution < 1.29 is 19.4 Å². The Balaban J connectivity index is 1.40. The Labute approximate surface area is 194 Å². The fraction of sp³-hybridized carbons (Fsp3) is 0.286. The lowest BCUT2D eigenvalue weighted by Crippen LogP contribution is -2.40. The number of hydrogen-bond donors (Lipinski definition) is 1. The Bertz CT molecular complexity index is 1090. The minimum Gasteiger partial charge on any atom is -0.494 e. The smallest absolute Gasteiger partial charge is 0.254 e. The average Bonchev–Trinajstić information content (AvgIpc) is 3.25. The van der Waals surface area contributed by atoms with Crippen molar-refractivity contribution in [2.24, 2.45) is 0 Å². The van der Waals surface area contributed by atoms with Crippen LogP contribution in [0.15, 0.2) is 78.9 Å². The van der Waals surface area contributed by atoms with Gasteiger partial charge in [0.1, 0.15) is 5.75 Å². The minimum absolute atomic E-state index is 0.0204. The standard InChI is InChI=1S/C28H29NO4/c1-2-33-25-10-6-9-23(17-25)28(32)29-19-24(30)18-26(29)27(31)16-13-20-11-14-22(15-12-20)21-7-4-3-5-8-21/h3-12,14-15,17,24,26,30H,2,13,16,18-19H2,1H3/t24-,26+/m1/s1. The molecule has 0 aromatic heterocycles. The van der Waals surface area contributed by atoms with Crippen LogP contribution in [0.1, 0.15) is 35.7 Å². The van der Waals surface area contributed by atoms with Gasteiger partial charge >= 0.3 is 0 Å². The normalized spacial score (nSPS) is 17.7. The highest BCUT2D eigenvalue weighted by molar-refractivity contribution is 5.98. The number of aryl methyl sites for hydroxylation is 1. The van der Waals surface area contributed by atoms with Crippen molar-refractivity contribution in [3.8, 4) is 16.9 Å². The van der Waals surface area contributed by atoms with E-state index in [-0.39, 0.29) is 24.7 Å². The Morgan fingerprint density at radius 2 is 1.70 bits per heavy atom. The van der Waals surface area contributed by atoms with Crippen LogP contribution >= 0.6 is 0 Å². The number of Topliss-reactive ketones (excluding diaryl/α,β-unsaturated/α-hetero) is 1. The molecular weight excluding hydrogens is 414 g/mol. The molecule has 2 atom stereocenters. The second kappa shape index (κ2) is 10.5. The summed E-state index contributed by atoms with van der Waals surface area (Å²) in [4.78, 5) is 27.7. The number of hydrogen-bond acceptors (Lipinski definition) is 4. The van der Waals surface area contributed by atoms with Crippen LogP contribution in [0.25, 0.3) is 11.1 Å². The molecular formula is C28H29NO4. The third-order valence-electron chi connectivity index (χ3n) is 6.02. The third-order valence-corrected chi connectivity index (χ3v) is 6.02. The molecule has 1 heterocycles. The molecule has 5 nitrogen and oxygen atoms in total. The van der Waals surface area contributed by atoms with Crippen molar-refractivity contribution in [3.63, 3.8) is 0 Å². The predicted molar refractivity (Wildman–Crippen MR) is 128 cm³/mol. The maximum atomic E-state index is 13.1. The highest BCUT2D eigenvalue weighted by Gasteiger charge is 2.38. The molecule has 0 unspecified atom stereocenters. The summed E-state index contributed by atoms with van der Waals surface area (Å²) in [5.74, 6) is 0.344. The van der Waals surface area contributed by atoms with Gasteiger partial charge in [-0.2, -0.15) is 0 Å². The summed E-state index contributed by atoms with van der Waals surface area (Å²) >= 11 is 0. The highest BCUT2D eigenvalue weighted by Crippen LogP contribution is 2.25. The largest absolute Gasteiger partial charge is 0.494 e. The zero-order valence-corrected chi connectivity index (χ0v) is 18.8. The number of aliphatic hydroxyl groups is 1. The van der Waals surface area contributed by atoms with Crippen LogP contribution in [-0.2, 0) is 11.2 Å². The number of likely N-dealkylation sites (tertiary alicyclic amines) is 1. The van der Waals surface area contributed by atoms with E-state index in [9.17, 15) is 14.7 Å². The molecule has 1 fully saturated rings. The van der Waals surface area contributed by atoms with Crippen LogP contribution < -0.4 is 4.74 Å². The van der Waals surface area contributed by atoms with E-state index in [0.717, 1.165) is 16.7 Å². The molecule has 0 saturated carbocycles. The van der Waals surface area contributed by atoms with Crippen LogP contribution in [0.3, 0.4) is 0 Å². The molecule has 1 aliphatic heterocycles. The van der Waals surface area contributed by atoms with Crippen molar-refractivity contribution in [2.45, 2.75) is 38.3 Å². The molecule has 0 bridgehead atoms. The summed E-state index contributed by atoms with van der Waals surface area (Å²) in [6.45, 7) is 2.56. The second-order valence-electron chi connectivity index (χ2n) is 8.35. The Morgan fingerprint density at radius 3 is 2.42 bits per heavy atom. The van der Waals surface area contributed by atoms with Crippen LogP contribution in [0.5, 0.6) is 5.75 Å². The van der Waals surface area contributed by atoms with Crippen LogP contribution in [-0.4, -0.2) is 47.0 Å². The molecule has 1 saturated heterocycles. The minimum atomic E-state index is -0.692. The lowest BCUT2D eigenvalue weighted by Gasteiger charge is -2.23. The van der Waals surface area contributed by atoms with E-state index < -0.39 is 12.1 Å². The van der Waals surface area contributed by atoms with Crippen LogP contribution in [0.4, 0.5) is 0 Å². The molecule has 170 valence electrons. The molecule has 3 aromatic rings. The maximum Gasteiger partial charge on any atom is 0.254 e. The molecule has 33 heavy (non-hydrogen) atoms. The lowest BCUT2D eigenvalue weighted by molar-refractivity contribution is -0.122. The van der Waals surface area contributed by atoms with Crippen molar-refractivity contribution in [1.29, 1.82) is 0 Å². The third kappa shape index (κ3) is 5.49. The number of nitrogens with zero attached hydrogens (tertiary/aromatic N) is 1. The molecule has 1 aliphatic rings. The van der Waals surface area contributed by atoms with Crippen molar-refractivity contribution in [2.75, 3.05) is 13.2 Å². The monoisotopic (exact) mass is 443 g/mol. The number of carbonyl (C=O) groups excluding carboxylic acids is 2. The summed E-state index contributed by atoms with van der Waals surface area (Å²) in [5.41, 5.74) is 3.83. The van der Waals surface area contributed by atoms with E-state index in [0.29, 0.717) is 30.8 Å². The van der Waals surface area contributed by atoms with Gasteiger partial charge in [0.05, 0.1) is 18.8 Å². The first kappa shape index (κ1) is 22.7. The van der Waals surface area contributed by atoms with Gasteiger partial charge in [0, 0.05) is 24.9 Å². The maximum absolute atomic E-state index is 13.1. The summed E-state index contributed by atoms with van der Waals surface area (Å²) < 4.78 is 5.49. The zero-order valence-electron chi connectivity index (χ0n) is 18.8. The number of rotatable bonds is 8. The molecule has 3 aromatic carbocycles. The fourth-order valence-electron chi connectivity index (χ4n) is 4.32. The van der Waals surface area contributed by atoms with Gasteiger partial charge in [0.15, 0.2) is 5.78 Å². The predicted octanol–water partition coefficient (Wildman–Crippen LogP) is 4.53. The van der Waals surface area contributed by atoms with Gasteiger partial charge < -0.3 is 14.7 Å². The molecule has 1 N–H and O–H groups in total. The molecule has 0 aliphatic carbocycles. The van der Waals surface area contributed by atoms with Crippen LogP contribution in [0, 0.1) is 0 Å². The van der Waals surface area contributed by atoms with E-state index in [2.05, 4.69) is 24.3 Å². The Kier molecular flexibility index (Phi) is 7.20. The molecule has 0 spiro atoms.